The van der Waals surface area contributed by atoms with Crippen molar-refractivity contribution in [3.63, 3.8) is 0 Å². The van der Waals surface area contributed by atoms with E-state index in [-0.39, 0.29) is 24.1 Å². The fourth-order valence-electron chi connectivity index (χ4n) is 2.97. The second kappa shape index (κ2) is 5.73. The van der Waals surface area contributed by atoms with Gasteiger partial charge in [0.25, 0.3) is 0 Å². The molecule has 0 aliphatic carbocycles. The third kappa shape index (κ3) is 2.68. The number of nitrogens with zero attached hydrogens (tertiary/aromatic N) is 5. The minimum Gasteiger partial charge on any atom is -0.378 e. The molecule has 3 heterocycles. The van der Waals surface area contributed by atoms with Gasteiger partial charge in [0.15, 0.2) is 0 Å². The molecule has 0 fully saturated rings. The fraction of sp³-hybridized carbons (Fsp3) is 0.571. The van der Waals surface area contributed by atoms with Crippen LogP contribution < -0.4 is 0 Å². The summed E-state index contributed by atoms with van der Waals surface area (Å²) in [5.74, 6) is 0. The monoisotopic (exact) mass is 339 g/mol. The van der Waals surface area contributed by atoms with Crippen LogP contribution in [0.15, 0.2) is 17.2 Å². The van der Waals surface area contributed by atoms with E-state index in [1.165, 1.54) is 4.31 Å². The number of sulfonamides is 1. The van der Waals surface area contributed by atoms with Crippen molar-refractivity contribution in [2.45, 2.75) is 37.9 Å². The quantitative estimate of drug-likeness (QED) is 0.811. The fourth-order valence-corrected chi connectivity index (χ4v) is 4.81. The van der Waals surface area contributed by atoms with Crippen LogP contribution in [0.3, 0.4) is 0 Å². The molecule has 0 saturated carbocycles. The van der Waals surface area contributed by atoms with Gasteiger partial charge in [-0.15, -0.1) is 0 Å². The Bertz CT molecular complexity index is 824. The molecule has 3 rings (SSSR count). The number of aryl methyl sites for hydroxylation is 2. The van der Waals surface area contributed by atoms with Gasteiger partial charge in [-0.25, -0.2) is 8.42 Å². The lowest BCUT2D eigenvalue weighted by atomic mass is 10.3. The molecule has 1 aliphatic rings. The lowest BCUT2D eigenvalue weighted by molar-refractivity contribution is 0.0746. The van der Waals surface area contributed by atoms with Crippen LogP contribution in [0.5, 0.6) is 0 Å². The third-order valence-corrected chi connectivity index (χ3v) is 6.37. The van der Waals surface area contributed by atoms with Crippen LogP contribution in [-0.4, -0.2) is 52.0 Å². The van der Waals surface area contributed by atoms with Crippen molar-refractivity contribution in [3.05, 3.63) is 29.3 Å². The summed E-state index contributed by atoms with van der Waals surface area (Å²) in [6.07, 6.45) is 1.43. The lowest BCUT2D eigenvalue weighted by Crippen LogP contribution is -2.37. The molecule has 1 unspecified atom stereocenters. The highest BCUT2D eigenvalue weighted by Crippen LogP contribution is 2.26. The second-order valence-electron chi connectivity index (χ2n) is 5.78. The maximum atomic E-state index is 13.2. The van der Waals surface area contributed by atoms with Gasteiger partial charge in [0, 0.05) is 26.9 Å². The zero-order valence-electron chi connectivity index (χ0n) is 13.7. The number of methoxy groups -OCH3 is 1. The standard InChI is InChI=1S/C14H21N5O3S/c1-10-14(11(2)17(3)16-10)23(20,21)18-7-12-5-6-15-19(12)9-13(8-18)22-4/h5-6,13H,7-9H2,1-4H3. The molecule has 0 amide bonds. The summed E-state index contributed by atoms with van der Waals surface area (Å²) in [6, 6.07) is 1.84. The predicted molar refractivity (Wildman–Crippen MR) is 83.3 cm³/mol. The highest BCUT2D eigenvalue weighted by atomic mass is 32.2. The van der Waals surface area contributed by atoms with Crippen molar-refractivity contribution >= 4 is 10.0 Å². The number of fused-ring (bicyclic) bond motifs is 1. The highest BCUT2D eigenvalue weighted by molar-refractivity contribution is 7.89. The van der Waals surface area contributed by atoms with Gasteiger partial charge in [-0.1, -0.05) is 0 Å². The molecule has 0 spiro atoms. The van der Waals surface area contributed by atoms with Crippen LogP contribution in [0.2, 0.25) is 0 Å². The van der Waals surface area contributed by atoms with E-state index in [2.05, 4.69) is 10.2 Å². The summed E-state index contributed by atoms with van der Waals surface area (Å²) in [6.45, 7) is 4.58. The molecule has 23 heavy (non-hydrogen) atoms. The molecule has 0 radical (unpaired) electrons. The average Bonchev–Trinajstić information content (AvgIpc) is 2.96. The normalized spacial score (nSPS) is 19.6. The van der Waals surface area contributed by atoms with E-state index in [1.807, 2.05) is 6.07 Å². The summed E-state index contributed by atoms with van der Waals surface area (Å²) >= 11 is 0. The Hall–Kier alpha value is -1.71. The Morgan fingerprint density at radius 3 is 2.65 bits per heavy atom. The molecule has 0 aromatic carbocycles. The molecule has 126 valence electrons. The highest BCUT2D eigenvalue weighted by Gasteiger charge is 2.34. The van der Waals surface area contributed by atoms with E-state index < -0.39 is 10.0 Å². The number of ether oxygens (including phenoxy) is 1. The molecule has 0 bridgehead atoms. The Balaban J connectivity index is 2.05. The molecule has 9 heteroatoms. The summed E-state index contributed by atoms with van der Waals surface area (Å²) in [5.41, 5.74) is 2.00. The zero-order valence-corrected chi connectivity index (χ0v) is 14.5. The van der Waals surface area contributed by atoms with E-state index in [4.69, 9.17) is 4.74 Å². The van der Waals surface area contributed by atoms with E-state index >= 15 is 0 Å². The summed E-state index contributed by atoms with van der Waals surface area (Å²) in [5, 5.41) is 8.47. The number of aromatic nitrogens is 4. The van der Waals surface area contributed by atoms with Crippen LogP contribution in [0, 0.1) is 13.8 Å². The zero-order chi connectivity index (χ0) is 16.8. The van der Waals surface area contributed by atoms with Crippen LogP contribution >= 0.6 is 0 Å². The van der Waals surface area contributed by atoms with E-state index in [0.717, 1.165) is 5.69 Å². The maximum Gasteiger partial charge on any atom is 0.247 e. The lowest BCUT2D eigenvalue weighted by Gasteiger charge is -2.23. The van der Waals surface area contributed by atoms with E-state index in [0.29, 0.717) is 17.9 Å². The van der Waals surface area contributed by atoms with Gasteiger partial charge < -0.3 is 4.74 Å². The van der Waals surface area contributed by atoms with Crippen molar-refractivity contribution < 1.29 is 13.2 Å². The first-order valence-electron chi connectivity index (χ1n) is 7.38. The molecule has 1 aliphatic heterocycles. The molecule has 1 atom stereocenters. The Labute approximate surface area is 135 Å². The van der Waals surface area contributed by atoms with Crippen molar-refractivity contribution in [3.8, 4) is 0 Å². The topological polar surface area (TPSA) is 82.2 Å². The van der Waals surface area contributed by atoms with Gasteiger partial charge in [0.2, 0.25) is 10.0 Å². The van der Waals surface area contributed by atoms with Gasteiger partial charge in [0.05, 0.1) is 36.3 Å². The molecule has 2 aromatic rings. The van der Waals surface area contributed by atoms with Crippen LogP contribution in [0.1, 0.15) is 17.1 Å². The molecular weight excluding hydrogens is 318 g/mol. The van der Waals surface area contributed by atoms with Gasteiger partial charge in [0.1, 0.15) is 4.90 Å². The van der Waals surface area contributed by atoms with Gasteiger partial charge in [-0.2, -0.15) is 14.5 Å². The van der Waals surface area contributed by atoms with Crippen LogP contribution in [-0.2, 0) is 34.9 Å². The van der Waals surface area contributed by atoms with Crippen LogP contribution in [0.4, 0.5) is 0 Å². The summed E-state index contributed by atoms with van der Waals surface area (Å²) in [7, 11) is -0.326. The van der Waals surface area contributed by atoms with Crippen molar-refractivity contribution in [2.24, 2.45) is 7.05 Å². The Morgan fingerprint density at radius 1 is 1.30 bits per heavy atom. The maximum absolute atomic E-state index is 13.2. The number of hydrogen-bond acceptors (Lipinski definition) is 5. The van der Waals surface area contributed by atoms with Gasteiger partial charge in [-0.3, -0.25) is 9.36 Å². The number of hydrogen-bond donors (Lipinski definition) is 0. The number of rotatable bonds is 3. The molecule has 0 N–H and O–H groups in total. The van der Waals surface area contributed by atoms with Crippen molar-refractivity contribution in [1.82, 2.24) is 23.9 Å². The minimum absolute atomic E-state index is 0.247. The third-order valence-electron chi connectivity index (χ3n) is 4.30. The molecule has 2 aromatic heterocycles. The molecule has 0 saturated heterocycles. The Kier molecular flexibility index (Phi) is 4.03. The first kappa shape index (κ1) is 16.2. The first-order chi connectivity index (χ1) is 10.8. The second-order valence-corrected chi connectivity index (χ2v) is 7.66. The molecule has 8 nitrogen and oxygen atoms in total. The largest absolute Gasteiger partial charge is 0.378 e. The Morgan fingerprint density at radius 2 is 2.04 bits per heavy atom. The summed E-state index contributed by atoms with van der Waals surface area (Å²) < 4.78 is 36.6. The summed E-state index contributed by atoms with van der Waals surface area (Å²) in [4.78, 5) is 0.280. The van der Waals surface area contributed by atoms with Crippen molar-refractivity contribution in [2.75, 3.05) is 13.7 Å². The van der Waals surface area contributed by atoms with Crippen molar-refractivity contribution in [1.29, 1.82) is 0 Å². The van der Waals surface area contributed by atoms with Gasteiger partial charge >= 0.3 is 0 Å². The predicted octanol–water partition coefficient (Wildman–Crippen LogP) is 0.453. The van der Waals surface area contributed by atoms with E-state index in [9.17, 15) is 8.42 Å². The SMILES string of the molecule is COC1CN(S(=O)(=O)c2c(C)nn(C)c2C)Cc2ccnn2C1. The minimum atomic E-state index is -3.66. The smallest absolute Gasteiger partial charge is 0.247 e. The van der Waals surface area contributed by atoms with E-state index in [1.54, 1.807) is 43.6 Å². The van der Waals surface area contributed by atoms with Gasteiger partial charge in [-0.05, 0) is 19.9 Å². The van der Waals surface area contributed by atoms with Crippen LogP contribution in [0.25, 0.3) is 0 Å². The first-order valence-corrected chi connectivity index (χ1v) is 8.82. The average molecular weight is 339 g/mol. The molecular formula is C14H21N5O3S.